The number of urea groups is 1. The molecule has 1 heterocycles. The molecule has 0 saturated carbocycles. The van der Waals surface area contributed by atoms with Crippen LogP contribution in [0.15, 0.2) is 0 Å². The van der Waals surface area contributed by atoms with Gasteiger partial charge in [-0.3, -0.25) is 0 Å². The van der Waals surface area contributed by atoms with Crippen LogP contribution in [0.4, 0.5) is 4.79 Å². The van der Waals surface area contributed by atoms with Gasteiger partial charge in [0.1, 0.15) is 0 Å². The average molecular weight is 228 g/mol. The van der Waals surface area contributed by atoms with E-state index in [0.717, 1.165) is 19.4 Å². The van der Waals surface area contributed by atoms with E-state index in [1.54, 1.807) is 4.90 Å². The Hall–Kier alpha value is -0.770. The summed E-state index contributed by atoms with van der Waals surface area (Å²) in [6.07, 6.45) is 3.63. The van der Waals surface area contributed by atoms with E-state index in [0.29, 0.717) is 6.54 Å². The molecule has 0 aromatic heterocycles. The van der Waals surface area contributed by atoms with E-state index in [2.05, 4.69) is 5.32 Å². The predicted molar refractivity (Wildman–Crippen MR) is 64.5 cm³/mol. The van der Waals surface area contributed by atoms with Crippen LogP contribution in [-0.4, -0.2) is 42.8 Å². The molecule has 1 saturated heterocycles. The van der Waals surface area contributed by atoms with Gasteiger partial charge in [0.25, 0.3) is 0 Å². The van der Waals surface area contributed by atoms with Gasteiger partial charge in [-0.1, -0.05) is 0 Å². The van der Waals surface area contributed by atoms with Crippen molar-refractivity contribution in [2.45, 2.75) is 51.7 Å². The van der Waals surface area contributed by atoms with Crippen LogP contribution in [0.25, 0.3) is 0 Å². The zero-order chi connectivity index (χ0) is 12.2. The molecule has 0 aromatic rings. The van der Waals surface area contributed by atoms with Crippen LogP contribution in [0.5, 0.6) is 0 Å². The molecule has 0 radical (unpaired) electrons. The zero-order valence-electron chi connectivity index (χ0n) is 10.9. The Morgan fingerprint density at radius 3 is 2.62 bits per heavy atom. The van der Waals surface area contributed by atoms with Crippen molar-refractivity contribution in [2.24, 2.45) is 0 Å². The minimum atomic E-state index is -0.182. The molecule has 1 rings (SSSR count). The normalized spacial score (nSPS) is 21.6. The van der Waals surface area contributed by atoms with Crippen LogP contribution in [0, 0.1) is 0 Å². The summed E-state index contributed by atoms with van der Waals surface area (Å²) < 4.78 is 5.61. The molecular weight excluding hydrogens is 204 g/mol. The fourth-order valence-electron chi connectivity index (χ4n) is 1.76. The van der Waals surface area contributed by atoms with Gasteiger partial charge >= 0.3 is 6.03 Å². The van der Waals surface area contributed by atoms with Crippen molar-refractivity contribution in [2.75, 3.05) is 20.2 Å². The molecule has 4 nitrogen and oxygen atoms in total. The molecule has 94 valence electrons. The number of ether oxygens (including phenoxy) is 1. The van der Waals surface area contributed by atoms with Gasteiger partial charge in [0.05, 0.1) is 6.10 Å². The summed E-state index contributed by atoms with van der Waals surface area (Å²) in [6.45, 7) is 7.46. The molecule has 1 aliphatic rings. The van der Waals surface area contributed by atoms with E-state index >= 15 is 0 Å². The quantitative estimate of drug-likeness (QED) is 0.785. The molecule has 0 bridgehead atoms. The second-order valence-corrected chi connectivity index (χ2v) is 5.55. The molecule has 0 aliphatic carbocycles. The van der Waals surface area contributed by atoms with Crippen LogP contribution in [0.2, 0.25) is 0 Å². The van der Waals surface area contributed by atoms with Gasteiger partial charge in [-0.2, -0.15) is 0 Å². The molecule has 4 heteroatoms. The van der Waals surface area contributed by atoms with Crippen LogP contribution in [-0.2, 0) is 4.74 Å². The van der Waals surface area contributed by atoms with Gasteiger partial charge in [-0.25, -0.2) is 4.79 Å². The third-order valence-corrected chi connectivity index (χ3v) is 2.58. The largest absolute Gasteiger partial charge is 0.376 e. The van der Waals surface area contributed by atoms with Crippen molar-refractivity contribution >= 4 is 6.03 Å². The minimum absolute atomic E-state index is 0.0262. The number of carbonyl (C=O) groups is 1. The summed E-state index contributed by atoms with van der Waals surface area (Å²) in [5, 5.41) is 2.94. The highest BCUT2D eigenvalue weighted by Crippen LogP contribution is 2.13. The first-order chi connectivity index (χ1) is 7.38. The molecule has 1 fully saturated rings. The molecule has 1 unspecified atom stereocenters. The summed E-state index contributed by atoms with van der Waals surface area (Å²) in [5.41, 5.74) is -0.182. The van der Waals surface area contributed by atoms with Crippen molar-refractivity contribution in [3.05, 3.63) is 0 Å². The van der Waals surface area contributed by atoms with Gasteiger partial charge in [-0.05, 0) is 40.0 Å². The van der Waals surface area contributed by atoms with Crippen LogP contribution in [0.3, 0.4) is 0 Å². The van der Waals surface area contributed by atoms with E-state index in [1.165, 1.54) is 6.42 Å². The number of rotatable bonds is 2. The molecular formula is C12H24N2O2. The Balaban J connectivity index is 2.33. The number of nitrogens with zero attached hydrogens (tertiary/aromatic N) is 1. The Morgan fingerprint density at radius 1 is 1.44 bits per heavy atom. The highest BCUT2D eigenvalue weighted by molar-refractivity contribution is 5.74. The van der Waals surface area contributed by atoms with E-state index in [4.69, 9.17) is 4.74 Å². The molecule has 0 aromatic carbocycles. The molecule has 16 heavy (non-hydrogen) atoms. The zero-order valence-corrected chi connectivity index (χ0v) is 10.9. The maximum atomic E-state index is 11.8. The third kappa shape index (κ3) is 4.84. The Labute approximate surface area is 98.3 Å². The lowest BCUT2D eigenvalue weighted by atomic mass is 10.1. The highest BCUT2D eigenvalue weighted by Gasteiger charge is 2.21. The molecule has 1 N–H and O–H groups in total. The molecule has 0 spiro atoms. The first kappa shape index (κ1) is 13.3. The third-order valence-electron chi connectivity index (χ3n) is 2.58. The van der Waals surface area contributed by atoms with E-state index in [9.17, 15) is 4.79 Å². The second kappa shape index (κ2) is 5.53. The number of carbonyl (C=O) groups excluding carboxylic acids is 1. The summed E-state index contributed by atoms with van der Waals surface area (Å²) in [5.74, 6) is 0. The standard InChI is InChI=1S/C12H24N2O2/c1-12(2,3)13-11(15)14(4)9-10-7-5-6-8-16-10/h10H,5-9H2,1-4H3,(H,13,15). The van der Waals surface area contributed by atoms with Crippen LogP contribution < -0.4 is 5.32 Å². The van der Waals surface area contributed by atoms with Crippen LogP contribution in [0.1, 0.15) is 40.0 Å². The van der Waals surface area contributed by atoms with Gasteiger partial charge in [0.2, 0.25) is 0 Å². The number of nitrogens with one attached hydrogen (secondary N) is 1. The van der Waals surface area contributed by atoms with E-state index < -0.39 is 0 Å². The number of hydrogen-bond donors (Lipinski definition) is 1. The Kier molecular flexibility index (Phi) is 4.59. The monoisotopic (exact) mass is 228 g/mol. The molecule has 1 aliphatic heterocycles. The Bertz CT molecular complexity index is 230. The fraction of sp³-hybridized carbons (Fsp3) is 0.917. The summed E-state index contributed by atoms with van der Waals surface area (Å²) in [4.78, 5) is 13.5. The lowest BCUT2D eigenvalue weighted by Crippen LogP contribution is -2.49. The van der Waals surface area contributed by atoms with E-state index in [1.807, 2.05) is 27.8 Å². The SMILES string of the molecule is CN(CC1CCCCO1)C(=O)NC(C)(C)C. The predicted octanol–water partition coefficient (Wildman–Crippen LogP) is 2.00. The minimum Gasteiger partial charge on any atom is -0.376 e. The average Bonchev–Trinajstić information content (AvgIpc) is 2.16. The van der Waals surface area contributed by atoms with Crippen molar-refractivity contribution < 1.29 is 9.53 Å². The lowest BCUT2D eigenvalue weighted by molar-refractivity contribution is 0.00354. The lowest BCUT2D eigenvalue weighted by Gasteiger charge is -2.30. The highest BCUT2D eigenvalue weighted by atomic mass is 16.5. The molecule has 2 amide bonds. The smallest absolute Gasteiger partial charge is 0.317 e. The fourth-order valence-corrected chi connectivity index (χ4v) is 1.76. The van der Waals surface area contributed by atoms with Crippen molar-refractivity contribution in [1.29, 1.82) is 0 Å². The van der Waals surface area contributed by atoms with E-state index in [-0.39, 0.29) is 17.7 Å². The van der Waals surface area contributed by atoms with Gasteiger partial charge in [-0.15, -0.1) is 0 Å². The van der Waals surface area contributed by atoms with Crippen molar-refractivity contribution in [3.63, 3.8) is 0 Å². The number of amides is 2. The van der Waals surface area contributed by atoms with Gasteiger partial charge < -0.3 is 15.0 Å². The Morgan fingerprint density at radius 2 is 2.12 bits per heavy atom. The topological polar surface area (TPSA) is 41.6 Å². The maximum Gasteiger partial charge on any atom is 0.317 e. The van der Waals surface area contributed by atoms with Crippen molar-refractivity contribution in [3.8, 4) is 0 Å². The van der Waals surface area contributed by atoms with Gasteiger partial charge in [0, 0.05) is 25.7 Å². The summed E-state index contributed by atoms with van der Waals surface area (Å²) in [6, 6.07) is -0.0262. The summed E-state index contributed by atoms with van der Waals surface area (Å²) >= 11 is 0. The number of hydrogen-bond acceptors (Lipinski definition) is 2. The van der Waals surface area contributed by atoms with Crippen LogP contribution >= 0.6 is 0 Å². The molecule has 1 atom stereocenters. The number of likely N-dealkylation sites (N-methyl/N-ethyl adjacent to an activating group) is 1. The van der Waals surface area contributed by atoms with Crippen molar-refractivity contribution in [1.82, 2.24) is 10.2 Å². The second-order valence-electron chi connectivity index (χ2n) is 5.55. The van der Waals surface area contributed by atoms with Gasteiger partial charge in [0.15, 0.2) is 0 Å². The summed E-state index contributed by atoms with van der Waals surface area (Å²) in [7, 11) is 1.82. The first-order valence-electron chi connectivity index (χ1n) is 6.03. The first-order valence-corrected chi connectivity index (χ1v) is 6.03. The maximum absolute atomic E-state index is 11.8.